The highest BCUT2D eigenvalue weighted by molar-refractivity contribution is 6.30. The molecule has 4 rings (SSSR count). The van der Waals surface area contributed by atoms with E-state index < -0.39 is 0 Å². The van der Waals surface area contributed by atoms with Gasteiger partial charge in [0.05, 0.1) is 11.8 Å². The molecule has 2 unspecified atom stereocenters. The van der Waals surface area contributed by atoms with Crippen LogP contribution in [0.4, 0.5) is 11.6 Å². The van der Waals surface area contributed by atoms with Crippen LogP contribution in [0.5, 0.6) is 0 Å². The number of piperazine rings is 1. The minimum atomic E-state index is -0.252. The standard InChI is InChI=1S/C20H22ClN5O2/c1-13-11-14(21)3-4-17(13)24-18(27)15-12-16(15)19(28)25-7-9-26(10-8-25)20-22-5-2-6-23-20/h2-6,11,15-16H,7-10,12H2,1H3,(H,24,27). The molecule has 1 N–H and O–H groups in total. The van der Waals surface area contributed by atoms with Gasteiger partial charge in [0.1, 0.15) is 0 Å². The molecule has 1 aromatic carbocycles. The van der Waals surface area contributed by atoms with Crippen LogP contribution in [0.2, 0.25) is 5.02 Å². The maximum Gasteiger partial charge on any atom is 0.228 e. The third-order valence-corrected chi connectivity index (χ3v) is 5.55. The summed E-state index contributed by atoms with van der Waals surface area (Å²) in [6.07, 6.45) is 4.05. The van der Waals surface area contributed by atoms with Crippen LogP contribution >= 0.6 is 11.6 Å². The lowest BCUT2D eigenvalue weighted by Gasteiger charge is -2.34. The van der Waals surface area contributed by atoms with Crippen molar-refractivity contribution in [2.75, 3.05) is 36.4 Å². The summed E-state index contributed by atoms with van der Waals surface area (Å²) in [6.45, 7) is 4.54. The Balaban J connectivity index is 1.29. The average Bonchev–Trinajstić information content (AvgIpc) is 3.51. The highest BCUT2D eigenvalue weighted by Gasteiger charge is 2.49. The molecule has 28 heavy (non-hydrogen) atoms. The first-order valence-electron chi connectivity index (χ1n) is 9.40. The van der Waals surface area contributed by atoms with Crippen LogP contribution in [0.1, 0.15) is 12.0 Å². The fourth-order valence-electron chi connectivity index (χ4n) is 3.57. The lowest BCUT2D eigenvalue weighted by molar-refractivity contribution is -0.134. The van der Waals surface area contributed by atoms with Gasteiger partial charge in [-0.15, -0.1) is 0 Å². The second kappa shape index (κ2) is 7.75. The number of carbonyl (C=O) groups is 2. The number of rotatable bonds is 4. The van der Waals surface area contributed by atoms with E-state index in [4.69, 9.17) is 11.6 Å². The Labute approximate surface area is 168 Å². The number of nitrogens with zero attached hydrogens (tertiary/aromatic N) is 4. The van der Waals surface area contributed by atoms with Crippen molar-refractivity contribution < 1.29 is 9.59 Å². The van der Waals surface area contributed by atoms with E-state index in [1.165, 1.54) is 0 Å². The maximum atomic E-state index is 12.8. The minimum Gasteiger partial charge on any atom is -0.339 e. The summed E-state index contributed by atoms with van der Waals surface area (Å²) in [5.74, 6) is 0.198. The molecule has 2 fully saturated rings. The summed E-state index contributed by atoms with van der Waals surface area (Å²) in [4.78, 5) is 37.7. The Bertz CT molecular complexity index is 883. The van der Waals surface area contributed by atoms with Gasteiger partial charge >= 0.3 is 0 Å². The van der Waals surface area contributed by atoms with Crippen molar-refractivity contribution >= 4 is 35.1 Å². The Kier molecular flexibility index (Phi) is 5.17. The molecule has 146 valence electrons. The first-order chi connectivity index (χ1) is 13.5. The van der Waals surface area contributed by atoms with Crippen LogP contribution in [-0.2, 0) is 9.59 Å². The number of aryl methyl sites for hydroxylation is 1. The molecule has 1 aliphatic heterocycles. The number of amides is 2. The van der Waals surface area contributed by atoms with Gasteiger partial charge in [-0.05, 0) is 43.2 Å². The quantitative estimate of drug-likeness (QED) is 0.853. The topological polar surface area (TPSA) is 78.4 Å². The lowest BCUT2D eigenvalue weighted by Crippen LogP contribution is -2.50. The van der Waals surface area contributed by atoms with Crippen molar-refractivity contribution in [2.24, 2.45) is 11.8 Å². The van der Waals surface area contributed by atoms with Crippen LogP contribution in [0.15, 0.2) is 36.7 Å². The number of benzene rings is 1. The normalized spacial score (nSPS) is 21.4. The zero-order chi connectivity index (χ0) is 19.7. The zero-order valence-electron chi connectivity index (χ0n) is 15.6. The van der Waals surface area contributed by atoms with Crippen LogP contribution in [0, 0.1) is 18.8 Å². The van der Waals surface area contributed by atoms with Crippen LogP contribution in [-0.4, -0.2) is 52.9 Å². The molecule has 1 aliphatic carbocycles. The number of halogens is 1. The number of carbonyl (C=O) groups excluding carboxylic acids is 2. The molecule has 2 amide bonds. The van der Waals surface area contributed by atoms with Crippen LogP contribution in [0.25, 0.3) is 0 Å². The van der Waals surface area contributed by atoms with Crippen molar-refractivity contribution in [3.63, 3.8) is 0 Å². The summed E-state index contributed by atoms with van der Waals surface area (Å²) in [6, 6.07) is 7.13. The van der Waals surface area contributed by atoms with Crippen LogP contribution < -0.4 is 10.2 Å². The van der Waals surface area contributed by atoms with Crippen molar-refractivity contribution in [2.45, 2.75) is 13.3 Å². The van der Waals surface area contributed by atoms with Gasteiger partial charge in [-0.2, -0.15) is 0 Å². The molecule has 8 heteroatoms. The molecule has 7 nitrogen and oxygen atoms in total. The van der Waals surface area contributed by atoms with E-state index >= 15 is 0 Å². The molecule has 1 saturated carbocycles. The van der Waals surface area contributed by atoms with Gasteiger partial charge in [0.2, 0.25) is 17.8 Å². The molecule has 2 aromatic rings. The number of hydrogen-bond donors (Lipinski definition) is 1. The number of nitrogens with one attached hydrogen (secondary N) is 1. The Morgan fingerprint density at radius 3 is 2.50 bits per heavy atom. The highest BCUT2D eigenvalue weighted by Crippen LogP contribution is 2.41. The zero-order valence-corrected chi connectivity index (χ0v) is 16.4. The second-order valence-electron chi connectivity index (χ2n) is 7.26. The predicted molar refractivity (Wildman–Crippen MR) is 107 cm³/mol. The largest absolute Gasteiger partial charge is 0.339 e. The van der Waals surface area contributed by atoms with Crippen molar-refractivity contribution in [1.82, 2.24) is 14.9 Å². The van der Waals surface area contributed by atoms with Crippen molar-refractivity contribution in [3.05, 3.63) is 47.2 Å². The molecular formula is C20H22ClN5O2. The molecule has 2 aliphatic rings. The third kappa shape index (κ3) is 3.94. The lowest BCUT2D eigenvalue weighted by atomic mass is 10.2. The van der Waals surface area contributed by atoms with E-state index in [1.54, 1.807) is 30.6 Å². The number of anilines is 2. The molecular weight excluding hydrogens is 378 g/mol. The molecule has 0 spiro atoms. The van der Waals surface area contributed by atoms with Crippen LogP contribution in [0.3, 0.4) is 0 Å². The molecule has 2 heterocycles. The SMILES string of the molecule is Cc1cc(Cl)ccc1NC(=O)C1CC1C(=O)N1CCN(c2ncccn2)CC1. The molecule has 2 atom stereocenters. The molecule has 0 radical (unpaired) electrons. The summed E-state index contributed by atoms with van der Waals surface area (Å²) < 4.78 is 0. The van der Waals surface area contributed by atoms with Gasteiger partial charge in [0.25, 0.3) is 0 Å². The van der Waals surface area contributed by atoms with E-state index in [0.29, 0.717) is 43.6 Å². The summed E-state index contributed by atoms with van der Waals surface area (Å²) in [5, 5.41) is 3.56. The predicted octanol–water partition coefficient (Wildman–Crippen LogP) is 2.36. The fraction of sp³-hybridized carbons (Fsp3) is 0.400. The van der Waals surface area contributed by atoms with E-state index in [1.807, 2.05) is 17.9 Å². The van der Waals surface area contributed by atoms with E-state index in [0.717, 1.165) is 11.3 Å². The monoisotopic (exact) mass is 399 g/mol. The average molecular weight is 400 g/mol. The summed E-state index contributed by atoms with van der Waals surface area (Å²) in [5.41, 5.74) is 1.65. The van der Waals surface area contributed by atoms with Gasteiger partial charge in [0, 0.05) is 49.3 Å². The van der Waals surface area contributed by atoms with Gasteiger partial charge in [-0.3, -0.25) is 9.59 Å². The number of hydrogen-bond acceptors (Lipinski definition) is 5. The van der Waals surface area contributed by atoms with E-state index in [2.05, 4.69) is 20.2 Å². The molecule has 1 aromatic heterocycles. The second-order valence-corrected chi connectivity index (χ2v) is 7.69. The van der Waals surface area contributed by atoms with E-state index in [9.17, 15) is 9.59 Å². The van der Waals surface area contributed by atoms with Crippen molar-refractivity contribution in [1.29, 1.82) is 0 Å². The fourth-order valence-corrected chi connectivity index (χ4v) is 3.79. The van der Waals surface area contributed by atoms with Crippen molar-refractivity contribution in [3.8, 4) is 0 Å². The molecule has 0 bridgehead atoms. The third-order valence-electron chi connectivity index (χ3n) is 5.32. The Morgan fingerprint density at radius 1 is 1.11 bits per heavy atom. The Morgan fingerprint density at radius 2 is 1.82 bits per heavy atom. The first kappa shape index (κ1) is 18.7. The Hall–Kier alpha value is -2.67. The van der Waals surface area contributed by atoms with Gasteiger partial charge < -0.3 is 15.1 Å². The highest BCUT2D eigenvalue weighted by atomic mass is 35.5. The van der Waals surface area contributed by atoms with E-state index in [-0.39, 0.29) is 23.7 Å². The molecule has 1 saturated heterocycles. The van der Waals surface area contributed by atoms with Gasteiger partial charge in [0.15, 0.2) is 0 Å². The minimum absolute atomic E-state index is 0.0709. The summed E-state index contributed by atoms with van der Waals surface area (Å²) in [7, 11) is 0. The maximum absolute atomic E-state index is 12.8. The first-order valence-corrected chi connectivity index (χ1v) is 9.78. The van der Waals surface area contributed by atoms with Gasteiger partial charge in [-0.25, -0.2) is 9.97 Å². The summed E-state index contributed by atoms with van der Waals surface area (Å²) >= 11 is 5.95. The smallest absolute Gasteiger partial charge is 0.228 e. The number of aromatic nitrogens is 2. The van der Waals surface area contributed by atoms with Gasteiger partial charge in [-0.1, -0.05) is 11.6 Å².